The van der Waals surface area contributed by atoms with Crippen molar-refractivity contribution >= 4 is 0 Å². The van der Waals surface area contributed by atoms with Crippen LogP contribution in [0.5, 0.6) is 0 Å². The standard InChI is InChI=1S/C11H24.C2H6/c1-6-7-8-9-11(4,5)10(2)3;1-2/h10H,6-9H2,1-5H3;1-2H3. The first kappa shape index (κ1) is 15.5. The summed E-state index contributed by atoms with van der Waals surface area (Å²) in [5, 5.41) is 0. The first-order chi connectivity index (χ1) is 6.00. The molecule has 0 heteroatoms. The molecule has 0 aromatic carbocycles. The fraction of sp³-hybridized carbons (Fsp3) is 1.00. The minimum Gasteiger partial charge on any atom is -0.0683 e. The summed E-state index contributed by atoms with van der Waals surface area (Å²) in [7, 11) is 0. The lowest BCUT2D eigenvalue weighted by atomic mass is 9.77. The summed E-state index contributed by atoms with van der Waals surface area (Å²) in [5.74, 6) is 0.819. The van der Waals surface area contributed by atoms with Gasteiger partial charge in [0.1, 0.15) is 0 Å². The highest BCUT2D eigenvalue weighted by Gasteiger charge is 2.20. The third kappa shape index (κ3) is 8.33. The van der Waals surface area contributed by atoms with E-state index in [2.05, 4.69) is 34.6 Å². The van der Waals surface area contributed by atoms with Crippen LogP contribution in [0.15, 0.2) is 0 Å². The van der Waals surface area contributed by atoms with Crippen molar-refractivity contribution in [2.75, 3.05) is 0 Å². The van der Waals surface area contributed by atoms with Gasteiger partial charge in [-0.25, -0.2) is 0 Å². The number of rotatable bonds is 5. The van der Waals surface area contributed by atoms with Crippen LogP contribution in [0.2, 0.25) is 0 Å². The van der Waals surface area contributed by atoms with Crippen LogP contribution in [0.4, 0.5) is 0 Å². The normalized spacial score (nSPS) is 11.1. The topological polar surface area (TPSA) is 0 Å². The van der Waals surface area contributed by atoms with Crippen LogP contribution in [-0.4, -0.2) is 0 Å². The minimum absolute atomic E-state index is 0.551. The molecule has 0 rings (SSSR count). The van der Waals surface area contributed by atoms with Crippen molar-refractivity contribution in [1.82, 2.24) is 0 Å². The SMILES string of the molecule is CC.CCCCCC(C)(C)C(C)C. The Morgan fingerprint density at radius 1 is 1.00 bits per heavy atom. The molecule has 0 heterocycles. The van der Waals surface area contributed by atoms with Crippen molar-refractivity contribution < 1.29 is 0 Å². The van der Waals surface area contributed by atoms with E-state index in [9.17, 15) is 0 Å². The fourth-order valence-corrected chi connectivity index (χ4v) is 1.12. The zero-order valence-corrected chi connectivity index (χ0v) is 10.9. The minimum atomic E-state index is 0.551. The second kappa shape index (κ2) is 8.59. The van der Waals surface area contributed by atoms with Crippen LogP contribution in [-0.2, 0) is 0 Å². The summed E-state index contributed by atoms with van der Waals surface area (Å²) in [5.41, 5.74) is 0.551. The largest absolute Gasteiger partial charge is 0.0683 e. The van der Waals surface area contributed by atoms with Crippen molar-refractivity contribution in [3.63, 3.8) is 0 Å². The molecule has 13 heavy (non-hydrogen) atoms. The Kier molecular flexibility index (Phi) is 10.2. The van der Waals surface area contributed by atoms with Crippen LogP contribution in [0.3, 0.4) is 0 Å². The Morgan fingerprint density at radius 2 is 1.46 bits per heavy atom. The van der Waals surface area contributed by atoms with Gasteiger partial charge in [-0.05, 0) is 17.8 Å². The first-order valence-electron chi connectivity index (χ1n) is 6.00. The van der Waals surface area contributed by atoms with E-state index in [1.807, 2.05) is 13.8 Å². The molecule has 0 bridgehead atoms. The molecule has 0 amide bonds. The molecule has 0 saturated carbocycles. The van der Waals surface area contributed by atoms with Gasteiger partial charge in [-0.3, -0.25) is 0 Å². The number of unbranched alkanes of at least 4 members (excludes halogenated alkanes) is 2. The average Bonchev–Trinajstić information content (AvgIpc) is 2.08. The van der Waals surface area contributed by atoms with E-state index < -0.39 is 0 Å². The quantitative estimate of drug-likeness (QED) is 0.513. The van der Waals surface area contributed by atoms with Gasteiger partial charge in [0.15, 0.2) is 0 Å². The van der Waals surface area contributed by atoms with E-state index in [4.69, 9.17) is 0 Å². The van der Waals surface area contributed by atoms with E-state index in [1.54, 1.807) is 0 Å². The van der Waals surface area contributed by atoms with E-state index in [0.717, 1.165) is 5.92 Å². The summed E-state index contributed by atoms with van der Waals surface area (Å²) in [6.07, 6.45) is 5.53. The third-order valence-electron chi connectivity index (χ3n) is 2.99. The summed E-state index contributed by atoms with van der Waals surface area (Å²) in [4.78, 5) is 0. The van der Waals surface area contributed by atoms with Gasteiger partial charge < -0.3 is 0 Å². The van der Waals surface area contributed by atoms with E-state index >= 15 is 0 Å². The van der Waals surface area contributed by atoms with Crippen LogP contribution >= 0.6 is 0 Å². The predicted molar refractivity (Wildman–Crippen MR) is 64.1 cm³/mol. The maximum atomic E-state index is 2.38. The van der Waals surface area contributed by atoms with Crippen LogP contribution in [0, 0.1) is 11.3 Å². The lowest BCUT2D eigenvalue weighted by Gasteiger charge is -2.29. The lowest BCUT2D eigenvalue weighted by Crippen LogP contribution is -2.18. The molecule has 0 spiro atoms. The van der Waals surface area contributed by atoms with Gasteiger partial charge in [-0.15, -0.1) is 0 Å². The molecule has 0 N–H and O–H groups in total. The maximum Gasteiger partial charge on any atom is -0.0331 e. The van der Waals surface area contributed by atoms with Crippen molar-refractivity contribution in [1.29, 1.82) is 0 Å². The molecular weight excluding hydrogens is 156 g/mol. The van der Waals surface area contributed by atoms with Crippen molar-refractivity contribution in [2.24, 2.45) is 11.3 Å². The number of hydrogen-bond donors (Lipinski definition) is 0. The average molecular weight is 186 g/mol. The molecule has 0 aliphatic rings. The molecule has 0 nitrogen and oxygen atoms in total. The second-order valence-corrected chi connectivity index (χ2v) is 4.60. The molecule has 0 atom stereocenters. The smallest absolute Gasteiger partial charge is 0.0331 e. The molecule has 0 aromatic rings. The molecular formula is C13H30. The van der Waals surface area contributed by atoms with Crippen LogP contribution in [0.1, 0.15) is 74.1 Å². The molecule has 82 valence electrons. The Labute approximate surface area is 86.1 Å². The van der Waals surface area contributed by atoms with Gasteiger partial charge in [0.25, 0.3) is 0 Å². The third-order valence-corrected chi connectivity index (χ3v) is 2.99. The maximum absolute atomic E-state index is 2.38. The van der Waals surface area contributed by atoms with Gasteiger partial charge in [-0.1, -0.05) is 67.7 Å². The van der Waals surface area contributed by atoms with Gasteiger partial charge in [0, 0.05) is 0 Å². The molecule has 0 aromatic heterocycles. The fourth-order valence-electron chi connectivity index (χ4n) is 1.12. The van der Waals surface area contributed by atoms with Gasteiger partial charge >= 0.3 is 0 Å². The highest BCUT2D eigenvalue weighted by Crippen LogP contribution is 2.31. The molecule has 0 unspecified atom stereocenters. The highest BCUT2D eigenvalue weighted by molar-refractivity contribution is 4.71. The summed E-state index contributed by atoms with van der Waals surface area (Å²) in [6, 6.07) is 0. The summed E-state index contributed by atoms with van der Waals surface area (Å²) < 4.78 is 0. The Bertz CT molecular complexity index is 90.2. The van der Waals surface area contributed by atoms with E-state index in [0.29, 0.717) is 5.41 Å². The molecule has 0 radical (unpaired) electrons. The highest BCUT2D eigenvalue weighted by atomic mass is 14.3. The molecule has 0 saturated heterocycles. The second-order valence-electron chi connectivity index (χ2n) is 4.60. The monoisotopic (exact) mass is 186 g/mol. The summed E-state index contributed by atoms with van der Waals surface area (Å²) >= 11 is 0. The summed E-state index contributed by atoms with van der Waals surface area (Å²) in [6.45, 7) is 15.7. The molecule has 0 aliphatic carbocycles. The van der Waals surface area contributed by atoms with Crippen molar-refractivity contribution in [3.05, 3.63) is 0 Å². The molecule has 0 aliphatic heterocycles. The van der Waals surface area contributed by atoms with Crippen LogP contribution < -0.4 is 0 Å². The van der Waals surface area contributed by atoms with Crippen molar-refractivity contribution in [3.8, 4) is 0 Å². The van der Waals surface area contributed by atoms with E-state index in [-0.39, 0.29) is 0 Å². The Balaban J connectivity index is 0. The predicted octanol–water partition coefficient (Wildman–Crippen LogP) is 5.28. The Morgan fingerprint density at radius 3 is 1.77 bits per heavy atom. The first-order valence-corrected chi connectivity index (χ1v) is 6.00. The van der Waals surface area contributed by atoms with Gasteiger partial charge in [-0.2, -0.15) is 0 Å². The van der Waals surface area contributed by atoms with Gasteiger partial charge in [0.05, 0.1) is 0 Å². The lowest BCUT2D eigenvalue weighted by molar-refractivity contribution is 0.221. The van der Waals surface area contributed by atoms with E-state index in [1.165, 1.54) is 25.7 Å². The van der Waals surface area contributed by atoms with Gasteiger partial charge in [0.2, 0.25) is 0 Å². The molecule has 0 fully saturated rings. The zero-order valence-electron chi connectivity index (χ0n) is 10.9. The van der Waals surface area contributed by atoms with Crippen LogP contribution in [0.25, 0.3) is 0 Å². The Hall–Kier alpha value is 0. The van der Waals surface area contributed by atoms with Crippen molar-refractivity contribution in [2.45, 2.75) is 74.1 Å². The zero-order chi connectivity index (χ0) is 10.9. The number of hydrogen-bond acceptors (Lipinski definition) is 0.